The average molecular weight is 195 g/mol. The predicted molar refractivity (Wildman–Crippen MR) is 59.9 cm³/mol. The first kappa shape index (κ1) is 10.3. The van der Waals surface area contributed by atoms with Crippen LogP contribution < -0.4 is 0 Å². The first-order valence-corrected chi connectivity index (χ1v) is 4.91. The molecule has 0 saturated heterocycles. The fourth-order valence-corrected chi connectivity index (χ4v) is 1.42. The Morgan fingerprint density at radius 2 is 1.85 bits per heavy atom. The van der Waals surface area contributed by atoms with Crippen molar-refractivity contribution in [2.24, 2.45) is 5.92 Å². The third-order valence-corrected chi connectivity index (χ3v) is 2.16. The average Bonchev–Trinajstić information content (AvgIpc) is 2.04. The summed E-state index contributed by atoms with van der Waals surface area (Å²) >= 11 is 5.79. The molecule has 0 nitrogen and oxygen atoms in total. The van der Waals surface area contributed by atoms with Gasteiger partial charge in [0.25, 0.3) is 0 Å². The molecule has 0 saturated carbocycles. The summed E-state index contributed by atoms with van der Waals surface area (Å²) in [6, 6.07) is 7.85. The van der Waals surface area contributed by atoms with Crippen LogP contribution in [0.5, 0.6) is 0 Å². The van der Waals surface area contributed by atoms with Crippen molar-refractivity contribution in [2.75, 3.05) is 0 Å². The van der Waals surface area contributed by atoms with Crippen LogP contribution in [0.25, 0.3) is 5.57 Å². The molecule has 13 heavy (non-hydrogen) atoms. The Morgan fingerprint density at radius 1 is 1.31 bits per heavy atom. The van der Waals surface area contributed by atoms with Gasteiger partial charge in [0.2, 0.25) is 0 Å². The largest absolute Gasteiger partial charge is 0.0952 e. The molecule has 1 aromatic carbocycles. The van der Waals surface area contributed by atoms with Gasteiger partial charge in [-0.15, -0.1) is 0 Å². The van der Waals surface area contributed by atoms with Crippen LogP contribution >= 0.6 is 11.6 Å². The lowest BCUT2D eigenvalue weighted by Gasteiger charge is -2.08. The summed E-state index contributed by atoms with van der Waals surface area (Å²) in [6.07, 6.45) is 1.04. The molecular formula is C12H15Cl. The fraction of sp³-hybridized carbons (Fsp3) is 0.333. The molecule has 1 rings (SSSR count). The molecule has 0 amide bonds. The topological polar surface area (TPSA) is 0 Å². The highest BCUT2D eigenvalue weighted by Gasteiger charge is 2.01. The molecule has 0 bridgehead atoms. The highest BCUT2D eigenvalue weighted by molar-refractivity contribution is 6.30. The Hall–Kier alpha value is -0.750. The SMILES string of the molecule is C=C(CC(C)C)c1ccc(Cl)cc1. The van der Waals surface area contributed by atoms with Crippen molar-refractivity contribution < 1.29 is 0 Å². The van der Waals surface area contributed by atoms with Gasteiger partial charge < -0.3 is 0 Å². The second-order valence-electron chi connectivity index (χ2n) is 3.71. The Balaban J connectivity index is 2.72. The zero-order valence-corrected chi connectivity index (χ0v) is 8.93. The molecule has 1 aromatic rings. The first-order chi connectivity index (χ1) is 6.09. The molecule has 0 aliphatic carbocycles. The summed E-state index contributed by atoms with van der Waals surface area (Å²) < 4.78 is 0. The van der Waals surface area contributed by atoms with Gasteiger partial charge in [0.15, 0.2) is 0 Å². The zero-order chi connectivity index (χ0) is 9.84. The van der Waals surface area contributed by atoms with Crippen molar-refractivity contribution in [2.45, 2.75) is 20.3 Å². The molecule has 0 aliphatic rings. The number of halogens is 1. The molecule has 0 atom stereocenters. The molecule has 0 spiro atoms. The first-order valence-electron chi connectivity index (χ1n) is 4.53. The highest BCUT2D eigenvalue weighted by atomic mass is 35.5. The Morgan fingerprint density at radius 3 is 2.31 bits per heavy atom. The highest BCUT2D eigenvalue weighted by Crippen LogP contribution is 2.21. The van der Waals surface area contributed by atoms with Crippen LogP contribution in [0.15, 0.2) is 30.8 Å². The molecule has 0 N–H and O–H groups in total. The van der Waals surface area contributed by atoms with Gasteiger partial charge in [-0.05, 0) is 35.6 Å². The minimum Gasteiger partial charge on any atom is -0.0952 e. The molecule has 0 fully saturated rings. The molecule has 1 heteroatoms. The second-order valence-corrected chi connectivity index (χ2v) is 4.14. The third kappa shape index (κ3) is 3.23. The number of allylic oxidation sites excluding steroid dienone is 1. The maximum atomic E-state index is 5.79. The quantitative estimate of drug-likeness (QED) is 0.669. The normalized spacial score (nSPS) is 10.5. The Kier molecular flexibility index (Phi) is 3.56. The maximum absolute atomic E-state index is 5.79. The number of rotatable bonds is 3. The molecule has 0 aliphatic heterocycles. The summed E-state index contributed by atoms with van der Waals surface area (Å²) in [5, 5.41) is 0.779. The van der Waals surface area contributed by atoms with Crippen LogP contribution in [0.4, 0.5) is 0 Å². The summed E-state index contributed by atoms with van der Waals surface area (Å²) in [6.45, 7) is 8.44. The standard InChI is InChI=1S/C12H15Cl/c1-9(2)8-10(3)11-4-6-12(13)7-5-11/h4-7,9H,3,8H2,1-2H3. The smallest absolute Gasteiger partial charge is 0.0406 e. The summed E-state index contributed by atoms with van der Waals surface area (Å²) in [5.41, 5.74) is 2.38. The summed E-state index contributed by atoms with van der Waals surface area (Å²) in [5.74, 6) is 0.656. The minimum atomic E-state index is 0.656. The van der Waals surface area contributed by atoms with E-state index in [2.05, 4.69) is 20.4 Å². The Bertz CT molecular complexity index is 282. The van der Waals surface area contributed by atoms with Crippen LogP contribution in [0.3, 0.4) is 0 Å². The Labute approximate surface area is 85.2 Å². The molecule has 0 heterocycles. The van der Waals surface area contributed by atoms with Gasteiger partial charge in [-0.2, -0.15) is 0 Å². The van der Waals surface area contributed by atoms with Gasteiger partial charge in [-0.3, -0.25) is 0 Å². The lowest BCUT2D eigenvalue weighted by Crippen LogP contribution is -1.89. The van der Waals surface area contributed by atoms with Gasteiger partial charge in [0, 0.05) is 5.02 Å². The fourth-order valence-electron chi connectivity index (χ4n) is 1.30. The molecule has 70 valence electrons. The van der Waals surface area contributed by atoms with E-state index in [1.54, 1.807) is 0 Å². The van der Waals surface area contributed by atoms with Crippen LogP contribution in [-0.4, -0.2) is 0 Å². The van der Waals surface area contributed by atoms with E-state index < -0.39 is 0 Å². The number of hydrogen-bond donors (Lipinski definition) is 0. The van der Waals surface area contributed by atoms with Crippen molar-refractivity contribution in [3.8, 4) is 0 Å². The monoisotopic (exact) mass is 194 g/mol. The number of benzene rings is 1. The van der Waals surface area contributed by atoms with E-state index in [-0.39, 0.29) is 0 Å². The van der Waals surface area contributed by atoms with Crippen LogP contribution in [0.2, 0.25) is 5.02 Å². The van der Waals surface area contributed by atoms with E-state index in [1.807, 2.05) is 24.3 Å². The van der Waals surface area contributed by atoms with Gasteiger partial charge in [-0.25, -0.2) is 0 Å². The molecular weight excluding hydrogens is 180 g/mol. The van der Waals surface area contributed by atoms with E-state index in [0.717, 1.165) is 11.4 Å². The zero-order valence-electron chi connectivity index (χ0n) is 8.18. The van der Waals surface area contributed by atoms with Crippen molar-refractivity contribution >= 4 is 17.2 Å². The van der Waals surface area contributed by atoms with E-state index in [9.17, 15) is 0 Å². The van der Waals surface area contributed by atoms with Crippen molar-refractivity contribution in [1.29, 1.82) is 0 Å². The lowest BCUT2D eigenvalue weighted by molar-refractivity contribution is 0.674. The summed E-state index contributed by atoms with van der Waals surface area (Å²) in [7, 11) is 0. The molecule has 0 aromatic heterocycles. The lowest BCUT2D eigenvalue weighted by atomic mass is 9.98. The second kappa shape index (κ2) is 4.48. The van der Waals surface area contributed by atoms with Gasteiger partial charge >= 0.3 is 0 Å². The maximum Gasteiger partial charge on any atom is 0.0406 e. The van der Waals surface area contributed by atoms with Crippen molar-refractivity contribution in [3.05, 3.63) is 41.4 Å². The van der Waals surface area contributed by atoms with Crippen LogP contribution in [0, 0.1) is 5.92 Å². The van der Waals surface area contributed by atoms with Gasteiger partial charge in [0.05, 0.1) is 0 Å². The third-order valence-electron chi connectivity index (χ3n) is 1.91. The van der Waals surface area contributed by atoms with E-state index >= 15 is 0 Å². The molecule has 0 radical (unpaired) electrons. The minimum absolute atomic E-state index is 0.656. The van der Waals surface area contributed by atoms with Crippen molar-refractivity contribution in [1.82, 2.24) is 0 Å². The van der Waals surface area contributed by atoms with E-state index in [0.29, 0.717) is 5.92 Å². The molecule has 0 unspecified atom stereocenters. The van der Waals surface area contributed by atoms with Gasteiger partial charge in [-0.1, -0.05) is 44.2 Å². The summed E-state index contributed by atoms with van der Waals surface area (Å²) in [4.78, 5) is 0. The van der Waals surface area contributed by atoms with E-state index in [1.165, 1.54) is 11.1 Å². The van der Waals surface area contributed by atoms with E-state index in [4.69, 9.17) is 11.6 Å². The van der Waals surface area contributed by atoms with Crippen molar-refractivity contribution in [3.63, 3.8) is 0 Å². The number of hydrogen-bond acceptors (Lipinski definition) is 0. The van der Waals surface area contributed by atoms with Gasteiger partial charge in [0.1, 0.15) is 0 Å². The predicted octanol–water partition coefficient (Wildman–Crippen LogP) is 4.40. The van der Waals surface area contributed by atoms with Crippen LogP contribution in [-0.2, 0) is 0 Å². The van der Waals surface area contributed by atoms with Crippen LogP contribution in [0.1, 0.15) is 25.8 Å².